The van der Waals surface area contributed by atoms with Gasteiger partial charge in [0.1, 0.15) is 0 Å². The molecule has 53 heavy (non-hydrogen) atoms. The molecule has 9 aromatic rings. The summed E-state index contributed by atoms with van der Waals surface area (Å²) in [5.74, 6) is 0. The van der Waals surface area contributed by atoms with Crippen LogP contribution in [-0.4, -0.2) is 0 Å². The van der Waals surface area contributed by atoms with Gasteiger partial charge in [-0.25, -0.2) is 0 Å². The van der Waals surface area contributed by atoms with Gasteiger partial charge in [-0.3, -0.25) is 0 Å². The number of benzene rings is 9. The molecule has 0 heteroatoms. The van der Waals surface area contributed by atoms with Crippen LogP contribution in [0.2, 0.25) is 0 Å². The molecule has 0 spiro atoms. The van der Waals surface area contributed by atoms with Crippen molar-refractivity contribution in [1.29, 1.82) is 0 Å². The second-order valence-electron chi connectivity index (χ2n) is 13.6. The SMILES string of the molecule is C=C/C=C(\C=C/C)c1ccc2cc(-c3ccc(-c4cccc5c(-c6ccc(-c7ccccc7)c7ccccc67)cccc45)c4ccccc34)ccc2c1. The summed E-state index contributed by atoms with van der Waals surface area (Å²) in [6.45, 7) is 5.95. The molecule has 0 saturated carbocycles. The zero-order chi connectivity index (χ0) is 35.7. The van der Waals surface area contributed by atoms with E-state index in [-0.39, 0.29) is 0 Å². The van der Waals surface area contributed by atoms with E-state index >= 15 is 0 Å². The van der Waals surface area contributed by atoms with Gasteiger partial charge < -0.3 is 0 Å². The molecule has 9 rings (SSSR count). The Hall–Kier alpha value is -6.76. The lowest BCUT2D eigenvalue weighted by atomic mass is 9.87. The van der Waals surface area contributed by atoms with Crippen molar-refractivity contribution in [3.8, 4) is 44.5 Å². The third-order valence-corrected chi connectivity index (χ3v) is 10.6. The Bertz CT molecular complexity index is 2900. The first-order valence-electron chi connectivity index (χ1n) is 18.3. The third-order valence-electron chi connectivity index (χ3n) is 10.6. The van der Waals surface area contributed by atoms with Gasteiger partial charge in [0.25, 0.3) is 0 Å². The van der Waals surface area contributed by atoms with Crippen LogP contribution in [0.5, 0.6) is 0 Å². The minimum Gasteiger partial charge on any atom is -0.0990 e. The molecule has 0 bridgehead atoms. The van der Waals surface area contributed by atoms with Gasteiger partial charge in [-0.2, -0.15) is 0 Å². The van der Waals surface area contributed by atoms with Crippen molar-refractivity contribution in [2.75, 3.05) is 0 Å². The van der Waals surface area contributed by atoms with Crippen LogP contribution in [0.3, 0.4) is 0 Å². The smallest absolute Gasteiger partial charge is 0.00987 e. The van der Waals surface area contributed by atoms with Crippen LogP contribution in [0.1, 0.15) is 12.5 Å². The topological polar surface area (TPSA) is 0 Å². The van der Waals surface area contributed by atoms with Gasteiger partial charge in [-0.1, -0.05) is 195 Å². The summed E-state index contributed by atoms with van der Waals surface area (Å²) in [6.07, 6.45) is 8.11. The van der Waals surface area contributed by atoms with E-state index in [0.29, 0.717) is 0 Å². The second kappa shape index (κ2) is 13.8. The van der Waals surface area contributed by atoms with Crippen LogP contribution in [0, 0.1) is 0 Å². The molecule has 0 aliphatic heterocycles. The molecule has 0 unspecified atom stereocenters. The van der Waals surface area contributed by atoms with E-state index in [2.05, 4.69) is 201 Å². The summed E-state index contributed by atoms with van der Waals surface area (Å²) < 4.78 is 0. The highest BCUT2D eigenvalue weighted by Gasteiger charge is 2.16. The van der Waals surface area contributed by atoms with E-state index < -0.39 is 0 Å². The maximum absolute atomic E-state index is 3.91. The summed E-state index contributed by atoms with van der Waals surface area (Å²) >= 11 is 0. The van der Waals surface area contributed by atoms with Crippen LogP contribution >= 0.6 is 0 Å². The Morgan fingerprint density at radius 2 is 0.849 bits per heavy atom. The van der Waals surface area contributed by atoms with Gasteiger partial charge in [-0.05, 0) is 118 Å². The standard InChI is InChI=1S/C53H38/c1-3-14-36(15-4-2)38-26-27-40-35-41(29-28-39(40)34-38)43-31-33-53(47-21-11-9-19-45(43)47)51-25-13-22-48-49(51)23-12-24-50(48)52-32-30-42(37-16-6-5-7-17-37)44-18-8-10-20-46(44)52/h3-35H,1H2,2H3/b15-4-,36-14+. The molecule has 0 N–H and O–H groups in total. The Morgan fingerprint density at radius 3 is 1.42 bits per heavy atom. The molecule has 0 nitrogen and oxygen atoms in total. The van der Waals surface area contributed by atoms with Crippen LogP contribution in [0.4, 0.5) is 0 Å². The van der Waals surface area contributed by atoms with Gasteiger partial charge >= 0.3 is 0 Å². The number of rotatable bonds is 7. The molecule has 0 saturated heterocycles. The molecule has 0 fully saturated rings. The van der Waals surface area contributed by atoms with E-state index in [9.17, 15) is 0 Å². The van der Waals surface area contributed by atoms with Crippen molar-refractivity contribution >= 4 is 48.7 Å². The summed E-state index contributed by atoms with van der Waals surface area (Å²) in [5, 5.41) is 9.99. The van der Waals surface area contributed by atoms with Gasteiger partial charge in [-0.15, -0.1) is 0 Å². The fraction of sp³-hybridized carbons (Fsp3) is 0.0189. The van der Waals surface area contributed by atoms with Crippen LogP contribution in [0.15, 0.2) is 207 Å². The number of hydrogen-bond donors (Lipinski definition) is 0. The lowest BCUT2D eigenvalue weighted by molar-refractivity contribution is 1.63. The Morgan fingerprint density at radius 1 is 0.396 bits per heavy atom. The number of fused-ring (bicyclic) bond motifs is 4. The summed E-state index contributed by atoms with van der Waals surface area (Å²) in [4.78, 5) is 0. The monoisotopic (exact) mass is 674 g/mol. The summed E-state index contributed by atoms with van der Waals surface area (Å²) in [5.41, 5.74) is 12.3. The van der Waals surface area contributed by atoms with Crippen molar-refractivity contribution in [3.63, 3.8) is 0 Å². The second-order valence-corrected chi connectivity index (χ2v) is 13.6. The maximum atomic E-state index is 3.91. The molecule has 0 heterocycles. The zero-order valence-corrected chi connectivity index (χ0v) is 29.8. The fourth-order valence-electron chi connectivity index (χ4n) is 8.12. The molecule has 0 aromatic heterocycles. The van der Waals surface area contributed by atoms with Gasteiger partial charge in [0, 0.05) is 0 Å². The lowest BCUT2D eigenvalue weighted by Crippen LogP contribution is -1.90. The first-order valence-corrected chi connectivity index (χ1v) is 18.3. The lowest BCUT2D eigenvalue weighted by Gasteiger charge is -2.17. The molecule has 0 amide bonds. The molecule has 0 aliphatic rings. The number of hydrogen-bond acceptors (Lipinski definition) is 0. The Balaban J connectivity index is 1.16. The quantitative estimate of drug-likeness (QED) is 0.148. The minimum absolute atomic E-state index is 1.16. The molecular weight excluding hydrogens is 637 g/mol. The molecule has 250 valence electrons. The van der Waals surface area contributed by atoms with Gasteiger partial charge in [0.05, 0.1) is 0 Å². The van der Waals surface area contributed by atoms with E-state index in [1.807, 2.05) is 13.0 Å². The largest absolute Gasteiger partial charge is 0.0990 e. The predicted molar refractivity (Wildman–Crippen MR) is 231 cm³/mol. The van der Waals surface area contributed by atoms with Crippen LogP contribution < -0.4 is 0 Å². The predicted octanol–water partition coefficient (Wildman–Crippen LogP) is 15.1. The van der Waals surface area contributed by atoms with Gasteiger partial charge in [0.2, 0.25) is 0 Å². The molecule has 0 radical (unpaired) electrons. The average Bonchev–Trinajstić information content (AvgIpc) is 3.22. The average molecular weight is 675 g/mol. The van der Waals surface area contributed by atoms with E-state index in [1.165, 1.54) is 93.2 Å². The third kappa shape index (κ3) is 5.75. The fourth-order valence-corrected chi connectivity index (χ4v) is 8.12. The molecule has 9 aromatic carbocycles. The van der Waals surface area contributed by atoms with Crippen LogP contribution in [-0.2, 0) is 0 Å². The molecule has 0 atom stereocenters. The maximum Gasteiger partial charge on any atom is -0.00987 e. The molecular formula is C53H38. The highest BCUT2D eigenvalue weighted by atomic mass is 14.2. The van der Waals surface area contributed by atoms with Crippen molar-refractivity contribution in [1.82, 2.24) is 0 Å². The van der Waals surface area contributed by atoms with Crippen LogP contribution in [0.25, 0.3) is 93.2 Å². The van der Waals surface area contributed by atoms with E-state index in [0.717, 1.165) is 5.57 Å². The first kappa shape index (κ1) is 32.2. The highest BCUT2D eigenvalue weighted by molar-refractivity contribution is 6.15. The highest BCUT2D eigenvalue weighted by Crippen LogP contribution is 2.43. The minimum atomic E-state index is 1.16. The van der Waals surface area contributed by atoms with Crippen molar-refractivity contribution in [2.45, 2.75) is 6.92 Å². The summed E-state index contributed by atoms with van der Waals surface area (Å²) in [6, 6.07) is 64.7. The molecule has 0 aliphatic carbocycles. The summed E-state index contributed by atoms with van der Waals surface area (Å²) in [7, 11) is 0. The van der Waals surface area contributed by atoms with E-state index in [1.54, 1.807) is 0 Å². The van der Waals surface area contributed by atoms with Gasteiger partial charge in [0.15, 0.2) is 0 Å². The Labute approximate surface area is 311 Å². The zero-order valence-electron chi connectivity index (χ0n) is 29.8. The number of allylic oxidation sites excluding steroid dienone is 5. The normalized spacial score (nSPS) is 12.0. The van der Waals surface area contributed by atoms with E-state index in [4.69, 9.17) is 0 Å². The van der Waals surface area contributed by atoms with Crippen molar-refractivity contribution in [2.24, 2.45) is 0 Å². The first-order chi connectivity index (χ1) is 26.2. The van der Waals surface area contributed by atoms with Crippen molar-refractivity contribution < 1.29 is 0 Å². The van der Waals surface area contributed by atoms with Crippen molar-refractivity contribution in [3.05, 3.63) is 212 Å². The Kier molecular flexibility index (Phi) is 8.35.